The van der Waals surface area contributed by atoms with Crippen LogP contribution in [0.4, 0.5) is 0 Å². The molecule has 1 atom stereocenters. The Labute approximate surface area is 119 Å². The number of halogens is 1. The number of aromatic nitrogens is 2. The van der Waals surface area contributed by atoms with E-state index in [1.165, 1.54) is 0 Å². The lowest BCUT2D eigenvalue weighted by Crippen LogP contribution is -2.00. The molecule has 0 saturated heterocycles. The van der Waals surface area contributed by atoms with Crippen LogP contribution in [0.1, 0.15) is 23.7 Å². The quantitative estimate of drug-likeness (QED) is 0.661. The summed E-state index contributed by atoms with van der Waals surface area (Å²) in [5.74, 6) is 0.762. The van der Waals surface area contributed by atoms with Crippen molar-refractivity contribution in [3.8, 4) is 11.8 Å². The first-order chi connectivity index (χ1) is 9.22. The zero-order chi connectivity index (χ0) is 13.4. The van der Waals surface area contributed by atoms with Gasteiger partial charge in [-0.25, -0.2) is 4.98 Å². The van der Waals surface area contributed by atoms with Gasteiger partial charge in [0, 0.05) is 5.38 Å². The smallest absolute Gasteiger partial charge is 0.132 e. The van der Waals surface area contributed by atoms with Crippen molar-refractivity contribution in [2.75, 3.05) is 0 Å². The minimum Gasteiger partial charge on any atom is -0.294 e. The molecule has 0 N–H and O–H groups in total. The first-order valence-corrected chi connectivity index (χ1v) is 7.18. The Hall–Kier alpha value is -1.83. The molecule has 3 aromatic rings. The number of thiophene rings is 1. The maximum absolute atomic E-state index is 9.17. The van der Waals surface area contributed by atoms with E-state index in [0.29, 0.717) is 11.1 Å². The molecule has 19 heavy (non-hydrogen) atoms. The van der Waals surface area contributed by atoms with Gasteiger partial charge in [0.05, 0.1) is 22.1 Å². The molecule has 0 aliphatic carbocycles. The fraction of sp³-hybridized carbons (Fsp3) is 0.143. The zero-order valence-corrected chi connectivity index (χ0v) is 11.7. The molecule has 0 radical (unpaired) electrons. The third-order valence-electron chi connectivity index (χ3n) is 2.95. The maximum Gasteiger partial charge on any atom is 0.132 e. The van der Waals surface area contributed by atoms with E-state index in [9.17, 15) is 5.26 Å². The molecule has 94 valence electrons. The van der Waals surface area contributed by atoms with Crippen LogP contribution in [0.3, 0.4) is 0 Å². The van der Waals surface area contributed by atoms with Crippen LogP contribution >= 0.6 is 22.9 Å². The van der Waals surface area contributed by atoms with Crippen LogP contribution in [-0.2, 0) is 0 Å². The van der Waals surface area contributed by atoms with Crippen molar-refractivity contribution in [1.82, 2.24) is 9.55 Å². The fourth-order valence-electron chi connectivity index (χ4n) is 2.13. The minimum absolute atomic E-state index is 0.223. The summed E-state index contributed by atoms with van der Waals surface area (Å²) in [7, 11) is 0. The number of nitrogens with zero attached hydrogens (tertiary/aromatic N) is 3. The highest BCUT2D eigenvalue weighted by Crippen LogP contribution is 2.30. The Bertz CT molecular complexity index is 766. The van der Waals surface area contributed by atoms with E-state index in [-0.39, 0.29) is 5.38 Å². The van der Waals surface area contributed by atoms with Gasteiger partial charge in [-0.1, -0.05) is 6.07 Å². The number of benzene rings is 1. The molecular formula is C14H10ClN3S. The lowest BCUT2D eigenvalue weighted by molar-refractivity contribution is 0.885. The molecular weight excluding hydrogens is 278 g/mol. The van der Waals surface area contributed by atoms with E-state index >= 15 is 0 Å². The van der Waals surface area contributed by atoms with E-state index in [2.05, 4.69) is 11.1 Å². The SMILES string of the molecule is CC(Cl)c1nc2c(C#N)cccc2n1-c1ccsc1. The number of hydrogen-bond acceptors (Lipinski definition) is 3. The van der Waals surface area contributed by atoms with Gasteiger partial charge in [0.25, 0.3) is 0 Å². The normalized spacial score (nSPS) is 12.5. The lowest BCUT2D eigenvalue weighted by Gasteiger charge is -2.08. The second-order valence-electron chi connectivity index (χ2n) is 4.19. The van der Waals surface area contributed by atoms with Gasteiger partial charge >= 0.3 is 0 Å². The average molecular weight is 288 g/mol. The van der Waals surface area contributed by atoms with Crippen molar-refractivity contribution in [3.05, 3.63) is 46.4 Å². The number of imidazole rings is 1. The number of rotatable bonds is 2. The largest absolute Gasteiger partial charge is 0.294 e. The monoisotopic (exact) mass is 287 g/mol. The van der Waals surface area contributed by atoms with Gasteiger partial charge in [-0.3, -0.25) is 4.57 Å². The first kappa shape index (κ1) is 12.2. The van der Waals surface area contributed by atoms with Crippen molar-refractivity contribution in [1.29, 1.82) is 5.26 Å². The Morgan fingerprint density at radius 3 is 2.89 bits per heavy atom. The predicted molar refractivity (Wildman–Crippen MR) is 77.9 cm³/mol. The summed E-state index contributed by atoms with van der Waals surface area (Å²) in [5.41, 5.74) is 3.23. The third kappa shape index (κ3) is 1.92. The zero-order valence-electron chi connectivity index (χ0n) is 10.2. The predicted octanol–water partition coefficient (Wildman–Crippen LogP) is 4.26. The molecule has 2 heterocycles. The Morgan fingerprint density at radius 2 is 2.26 bits per heavy atom. The molecule has 0 aliphatic rings. The molecule has 1 aromatic carbocycles. The van der Waals surface area contributed by atoms with Gasteiger partial charge < -0.3 is 0 Å². The van der Waals surface area contributed by atoms with Gasteiger partial charge in [-0.15, -0.1) is 11.6 Å². The van der Waals surface area contributed by atoms with Crippen molar-refractivity contribution in [2.24, 2.45) is 0 Å². The van der Waals surface area contributed by atoms with Crippen LogP contribution in [0, 0.1) is 11.3 Å². The summed E-state index contributed by atoms with van der Waals surface area (Å²) in [6.07, 6.45) is 0. The van der Waals surface area contributed by atoms with Gasteiger partial charge in [0.2, 0.25) is 0 Å². The lowest BCUT2D eigenvalue weighted by atomic mass is 10.2. The van der Waals surface area contributed by atoms with Gasteiger partial charge in [-0.05, 0) is 30.5 Å². The van der Waals surface area contributed by atoms with Gasteiger partial charge in [0.15, 0.2) is 0 Å². The first-order valence-electron chi connectivity index (χ1n) is 5.80. The molecule has 2 aromatic heterocycles. The Balaban J connectivity index is 2.42. The van der Waals surface area contributed by atoms with Crippen molar-refractivity contribution in [2.45, 2.75) is 12.3 Å². The minimum atomic E-state index is -0.223. The van der Waals surface area contributed by atoms with Gasteiger partial charge in [-0.2, -0.15) is 16.6 Å². The number of para-hydroxylation sites is 1. The second kappa shape index (κ2) is 4.69. The summed E-state index contributed by atoms with van der Waals surface area (Å²) >= 11 is 7.85. The molecule has 0 saturated carbocycles. The van der Waals surface area contributed by atoms with Crippen LogP contribution in [0.15, 0.2) is 35.0 Å². The standard InChI is InChI=1S/C14H10ClN3S/c1-9(15)14-17-13-10(7-16)3-2-4-12(13)18(14)11-5-6-19-8-11/h2-6,8-9H,1H3. The molecule has 3 nitrogen and oxygen atoms in total. The highest BCUT2D eigenvalue weighted by Gasteiger charge is 2.18. The molecule has 5 heteroatoms. The molecule has 0 bridgehead atoms. The van der Waals surface area contributed by atoms with Crippen molar-refractivity contribution in [3.63, 3.8) is 0 Å². The summed E-state index contributed by atoms with van der Waals surface area (Å²) in [6, 6.07) is 9.80. The maximum atomic E-state index is 9.17. The molecule has 3 rings (SSSR count). The van der Waals surface area contributed by atoms with E-state index in [0.717, 1.165) is 17.0 Å². The van der Waals surface area contributed by atoms with Crippen LogP contribution < -0.4 is 0 Å². The van der Waals surface area contributed by atoms with Crippen LogP contribution in [0.2, 0.25) is 0 Å². The van der Waals surface area contributed by atoms with E-state index in [1.807, 2.05) is 40.5 Å². The molecule has 1 unspecified atom stereocenters. The summed E-state index contributed by atoms with van der Waals surface area (Å²) < 4.78 is 2.02. The Morgan fingerprint density at radius 1 is 1.42 bits per heavy atom. The number of hydrogen-bond donors (Lipinski definition) is 0. The molecule has 0 fully saturated rings. The molecule has 0 amide bonds. The summed E-state index contributed by atoms with van der Waals surface area (Å²) in [4.78, 5) is 4.55. The van der Waals surface area contributed by atoms with E-state index in [1.54, 1.807) is 17.4 Å². The molecule has 0 aliphatic heterocycles. The summed E-state index contributed by atoms with van der Waals surface area (Å²) in [6.45, 7) is 1.89. The van der Waals surface area contributed by atoms with Crippen LogP contribution in [0.25, 0.3) is 16.7 Å². The number of fused-ring (bicyclic) bond motifs is 1. The third-order valence-corrected chi connectivity index (χ3v) is 3.82. The number of alkyl halides is 1. The highest BCUT2D eigenvalue weighted by molar-refractivity contribution is 7.08. The molecule has 0 spiro atoms. The second-order valence-corrected chi connectivity index (χ2v) is 5.62. The fourth-order valence-corrected chi connectivity index (χ4v) is 2.90. The summed E-state index contributed by atoms with van der Waals surface area (Å²) in [5, 5.41) is 13.0. The van der Waals surface area contributed by atoms with E-state index < -0.39 is 0 Å². The number of nitriles is 1. The topological polar surface area (TPSA) is 41.6 Å². The van der Waals surface area contributed by atoms with E-state index in [4.69, 9.17) is 11.6 Å². The van der Waals surface area contributed by atoms with Crippen LogP contribution in [-0.4, -0.2) is 9.55 Å². The van der Waals surface area contributed by atoms with Crippen LogP contribution in [0.5, 0.6) is 0 Å². The average Bonchev–Trinajstić information content (AvgIpc) is 3.04. The highest BCUT2D eigenvalue weighted by atomic mass is 35.5. The van der Waals surface area contributed by atoms with Crippen molar-refractivity contribution < 1.29 is 0 Å². The Kier molecular flexibility index (Phi) is 3.02. The van der Waals surface area contributed by atoms with Crippen molar-refractivity contribution >= 4 is 34.0 Å². The van der Waals surface area contributed by atoms with Gasteiger partial charge in [0.1, 0.15) is 17.4 Å².